The standard InChI is InChI=1S/C19H26N6/c1-11(2)13-6-8-14(9-7-13)16(12(3)4)22-19-23-17(20)15-10-21-25(5)18(15)24-19/h6-12,16H,1-5H3,(H3,20,22,23,24). The second-order valence-electron chi connectivity index (χ2n) is 7.13. The summed E-state index contributed by atoms with van der Waals surface area (Å²) < 4.78 is 1.71. The minimum atomic E-state index is 0.103. The zero-order valence-corrected chi connectivity index (χ0v) is 15.5. The molecule has 0 fully saturated rings. The Morgan fingerprint density at radius 1 is 1.00 bits per heavy atom. The van der Waals surface area contributed by atoms with Gasteiger partial charge in [-0.1, -0.05) is 52.0 Å². The first kappa shape index (κ1) is 17.2. The van der Waals surface area contributed by atoms with Crippen LogP contribution in [0.5, 0.6) is 0 Å². The first-order chi connectivity index (χ1) is 11.9. The van der Waals surface area contributed by atoms with Crippen molar-refractivity contribution < 1.29 is 0 Å². The maximum atomic E-state index is 6.07. The van der Waals surface area contributed by atoms with Crippen LogP contribution in [0.1, 0.15) is 50.8 Å². The van der Waals surface area contributed by atoms with Gasteiger partial charge in [-0.15, -0.1) is 0 Å². The van der Waals surface area contributed by atoms with E-state index in [4.69, 9.17) is 5.73 Å². The van der Waals surface area contributed by atoms with Crippen molar-refractivity contribution in [2.75, 3.05) is 11.1 Å². The van der Waals surface area contributed by atoms with Crippen molar-refractivity contribution in [2.45, 2.75) is 39.7 Å². The topological polar surface area (TPSA) is 81.6 Å². The van der Waals surface area contributed by atoms with E-state index in [1.807, 2.05) is 7.05 Å². The van der Waals surface area contributed by atoms with Crippen molar-refractivity contribution >= 4 is 22.8 Å². The maximum absolute atomic E-state index is 6.07. The van der Waals surface area contributed by atoms with Crippen molar-refractivity contribution in [3.63, 3.8) is 0 Å². The van der Waals surface area contributed by atoms with Gasteiger partial charge in [-0.2, -0.15) is 15.1 Å². The van der Waals surface area contributed by atoms with Crippen LogP contribution in [-0.4, -0.2) is 19.7 Å². The van der Waals surface area contributed by atoms with E-state index in [2.05, 4.69) is 72.3 Å². The average molecular weight is 338 g/mol. The third-order valence-electron chi connectivity index (χ3n) is 4.54. The Morgan fingerprint density at radius 3 is 2.24 bits per heavy atom. The Bertz CT molecular complexity index is 864. The number of nitrogen functional groups attached to an aromatic ring is 1. The van der Waals surface area contributed by atoms with E-state index >= 15 is 0 Å². The molecule has 0 aliphatic rings. The minimum Gasteiger partial charge on any atom is -0.383 e. The lowest BCUT2D eigenvalue weighted by atomic mass is 9.93. The van der Waals surface area contributed by atoms with Gasteiger partial charge in [0.2, 0.25) is 5.95 Å². The summed E-state index contributed by atoms with van der Waals surface area (Å²) in [7, 11) is 1.85. The summed E-state index contributed by atoms with van der Waals surface area (Å²) in [5.41, 5.74) is 9.35. The second-order valence-corrected chi connectivity index (χ2v) is 7.13. The molecule has 3 rings (SSSR count). The molecule has 1 aromatic carbocycles. The molecule has 0 saturated carbocycles. The summed E-state index contributed by atoms with van der Waals surface area (Å²) in [4.78, 5) is 9.00. The summed E-state index contributed by atoms with van der Waals surface area (Å²) >= 11 is 0. The van der Waals surface area contributed by atoms with Crippen molar-refractivity contribution in [3.8, 4) is 0 Å². The third kappa shape index (κ3) is 3.43. The predicted octanol–water partition coefficient (Wildman–Crippen LogP) is 3.88. The molecular weight excluding hydrogens is 312 g/mol. The Labute approximate surface area is 148 Å². The van der Waals surface area contributed by atoms with Crippen LogP contribution >= 0.6 is 0 Å². The molecule has 0 bridgehead atoms. The van der Waals surface area contributed by atoms with Gasteiger partial charge in [-0.05, 0) is 23.0 Å². The molecule has 3 aromatic rings. The number of hydrogen-bond acceptors (Lipinski definition) is 5. The van der Waals surface area contributed by atoms with Crippen LogP contribution in [0.25, 0.3) is 11.0 Å². The number of nitrogens with one attached hydrogen (secondary N) is 1. The summed E-state index contributed by atoms with van der Waals surface area (Å²) in [6.45, 7) is 8.76. The minimum absolute atomic E-state index is 0.103. The normalized spacial score (nSPS) is 12.9. The summed E-state index contributed by atoms with van der Waals surface area (Å²) in [5.74, 6) is 1.87. The number of fused-ring (bicyclic) bond motifs is 1. The smallest absolute Gasteiger partial charge is 0.227 e. The Morgan fingerprint density at radius 2 is 1.64 bits per heavy atom. The average Bonchev–Trinajstić information content (AvgIpc) is 2.94. The number of anilines is 2. The number of hydrogen-bond donors (Lipinski definition) is 2. The van der Waals surface area contributed by atoms with Gasteiger partial charge in [0, 0.05) is 7.05 Å². The summed E-state index contributed by atoms with van der Waals surface area (Å²) in [5, 5.41) is 8.43. The maximum Gasteiger partial charge on any atom is 0.227 e. The van der Waals surface area contributed by atoms with E-state index < -0.39 is 0 Å². The molecule has 0 saturated heterocycles. The molecule has 2 aromatic heterocycles. The predicted molar refractivity (Wildman–Crippen MR) is 102 cm³/mol. The summed E-state index contributed by atoms with van der Waals surface area (Å²) in [6.07, 6.45) is 1.69. The molecule has 0 aliphatic carbocycles. The number of nitrogens with two attached hydrogens (primary N) is 1. The van der Waals surface area contributed by atoms with Crippen LogP contribution in [0, 0.1) is 5.92 Å². The van der Waals surface area contributed by atoms with Gasteiger partial charge in [0.25, 0.3) is 0 Å². The van der Waals surface area contributed by atoms with Gasteiger partial charge in [0.15, 0.2) is 5.65 Å². The molecule has 0 aliphatic heterocycles. The molecule has 1 unspecified atom stereocenters. The van der Waals surface area contributed by atoms with Crippen LogP contribution in [0.4, 0.5) is 11.8 Å². The fourth-order valence-corrected chi connectivity index (χ4v) is 2.97. The van der Waals surface area contributed by atoms with E-state index in [-0.39, 0.29) is 6.04 Å². The van der Waals surface area contributed by atoms with E-state index in [0.717, 1.165) is 11.0 Å². The monoisotopic (exact) mass is 338 g/mol. The quantitative estimate of drug-likeness (QED) is 0.738. The first-order valence-electron chi connectivity index (χ1n) is 8.68. The van der Waals surface area contributed by atoms with Crippen LogP contribution in [0.2, 0.25) is 0 Å². The lowest BCUT2D eigenvalue weighted by Crippen LogP contribution is -2.19. The van der Waals surface area contributed by atoms with Crippen LogP contribution in [-0.2, 0) is 7.05 Å². The highest BCUT2D eigenvalue weighted by Gasteiger charge is 2.18. The molecule has 2 heterocycles. The first-order valence-corrected chi connectivity index (χ1v) is 8.68. The van der Waals surface area contributed by atoms with Crippen molar-refractivity contribution in [2.24, 2.45) is 13.0 Å². The van der Waals surface area contributed by atoms with Gasteiger partial charge in [-0.3, -0.25) is 4.68 Å². The van der Waals surface area contributed by atoms with Gasteiger partial charge >= 0.3 is 0 Å². The highest BCUT2D eigenvalue weighted by molar-refractivity contribution is 5.86. The number of rotatable bonds is 5. The fourth-order valence-electron chi connectivity index (χ4n) is 2.97. The van der Waals surface area contributed by atoms with E-state index in [9.17, 15) is 0 Å². The van der Waals surface area contributed by atoms with Crippen molar-refractivity contribution in [1.29, 1.82) is 0 Å². The molecule has 0 radical (unpaired) electrons. The number of aromatic nitrogens is 4. The highest BCUT2D eigenvalue weighted by atomic mass is 15.3. The second kappa shape index (κ2) is 6.70. The van der Waals surface area contributed by atoms with Crippen LogP contribution < -0.4 is 11.1 Å². The zero-order chi connectivity index (χ0) is 18.1. The largest absolute Gasteiger partial charge is 0.383 e. The molecule has 25 heavy (non-hydrogen) atoms. The Balaban J connectivity index is 1.93. The number of benzene rings is 1. The van der Waals surface area contributed by atoms with Crippen LogP contribution in [0.3, 0.4) is 0 Å². The number of aryl methyl sites for hydroxylation is 1. The molecular formula is C19H26N6. The van der Waals surface area contributed by atoms with Gasteiger partial charge < -0.3 is 11.1 Å². The van der Waals surface area contributed by atoms with Crippen LogP contribution in [0.15, 0.2) is 30.5 Å². The third-order valence-corrected chi connectivity index (χ3v) is 4.54. The molecule has 3 N–H and O–H groups in total. The van der Waals surface area contributed by atoms with E-state index in [0.29, 0.717) is 23.6 Å². The number of nitrogens with zero attached hydrogens (tertiary/aromatic N) is 4. The van der Waals surface area contributed by atoms with E-state index in [1.165, 1.54) is 11.1 Å². The van der Waals surface area contributed by atoms with Gasteiger partial charge in [-0.25, -0.2) is 0 Å². The molecule has 6 nitrogen and oxygen atoms in total. The van der Waals surface area contributed by atoms with Crippen molar-refractivity contribution in [3.05, 3.63) is 41.6 Å². The van der Waals surface area contributed by atoms with Crippen molar-refractivity contribution in [1.82, 2.24) is 19.7 Å². The molecule has 0 amide bonds. The van der Waals surface area contributed by atoms with Gasteiger partial charge in [0.05, 0.1) is 17.6 Å². The zero-order valence-electron chi connectivity index (χ0n) is 15.5. The molecule has 6 heteroatoms. The SMILES string of the molecule is CC(C)c1ccc(C(Nc2nc(N)c3cnn(C)c3n2)C(C)C)cc1. The Kier molecular flexibility index (Phi) is 4.61. The molecule has 0 spiro atoms. The van der Waals surface area contributed by atoms with E-state index in [1.54, 1.807) is 10.9 Å². The highest BCUT2D eigenvalue weighted by Crippen LogP contribution is 2.28. The van der Waals surface area contributed by atoms with Gasteiger partial charge in [0.1, 0.15) is 5.82 Å². The summed E-state index contributed by atoms with van der Waals surface area (Å²) in [6, 6.07) is 8.84. The fraction of sp³-hybridized carbons (Fsp3) is 0.421. The molecule has 132 valence electrons. The molecule has 1 atom stereocenters. The lowest BCUT2D eigenvalue weighted by Gasteiger charge is -2.23. The lowest BCUT2D eigenvalue weighted by molar-refractivity contribution is 0.543. The Hall–Kier alpha value is -2.63.